The van der Waals surface area contributed by atoms with Gasteiger partial charge in [-0.2, -0.15) is 4.89 Å². The second kappa shape index (κ2) is 23.7. The molecule has 9 heteroatoms. The minimum absolute atomic E-state index is 0.0603. The molecule has 0 aromatic heterocycles. The average Bonchev–Trinajstić information content (AvgIpc) is 2.87. The minimum Gasteiger partial charge on any atom is -0.477 e. The van der Waals surface area contributed by atoms with Gasteiger partial charge in [-0.25, -0.2) is 9.68 Å². The molecule has 0 aliphatic rings. The van der Waals surface area contributed by atoms with Crippen molar-refractivity contribution in [2.75, 3.05) is 12.4 Å². The Morgan fingerprint density at radius 3 is 1.81 bits per heavy atom. The second-order valence-electron chi connectivity index (χ2n) is 9.72. The molecule has 4 unspecified atom stereocenters. The molecule has 0 aromatic carbocycles. The lowest BCUT2D eigenvalue weighted by molar-refractivity contribution is -0.402. The van der Waals surface area contributed by atoms with E-state index in [4.69, 9.17) is 14.5 Å². The molecule has 0 saturated heterocycles. The maximum atomic E-state index is 13.2. The number of carbonyl (C=O) groups is 1. The number of hydrogen-bond donors (Lipinski definition) is 1. The van der Waals surface area contributed by atoms with Crippen molar-refractivity contribution >= 4 is 25.2 Å². The summed E-state index contributed by atoms with van der Waals surface area (Å²) in [5.41, 5.74) is -2.41. The first-order valence-electron chi connectivity index (χ1n) is 14.3. The Kier molecular flexibility index (Phi) is 23.4. The fourth-order valence-electron chi connectivity index (χ4n) is 4.06. The molecule has 0 spiro atoms. The molecule has 0 aliphatic carbocycles. The minimum atomic E-state index is -2.41. The van der Waals surface area contributed by atoms with Crippen LogP contribution in [0.25, 0.3) is 0 Å². The molecule has 0 heterocycles. The van der Waals surface area contributed by atoms with Crippen LogP contribution in [0, 0.1) is 0 Å². The topological polar surface area (TPSA) is 99.1 Å². The summed E-state index contributed by atoms with van der Waals surface area (Å²) in [6.45, 7) is 8.01. The Labute approximate surface area is 224 Å². The summed E-state index contributed by atoms with van der Waals surface area (Å²) in [4.78, 5) is 22.2. The van der Waals surface area contributed by atoms with Crippen molar-refractivity contribution in [3.8, 4) is 0 Å². The molecule has 0 bridgehead atoms. The summed E-state index contributed by atoms with van der Waals surface area (Å²) in [6.07, 6.45) is 18.3. The van der Waals surface area contributed by atoms with Crippen LogP contribution in [0.5, 0.6) is 0 Å². The number of carboxylic acids is 1. The Bertz CT molecular complexity index is 578. The Morgan fingerprint density at radius 2 is 1.33 bits per heavy atom. The maximum absolute atomic E-state index is 13.2. The smallest absolute Gasteiger partial charge is 0.380 e. The highest BCUT2D eigenvalue weighted by Gasteiger charge is 2.46. The van der Waals surface area contributed by atoms with E-state index in [9.17, 15) is 18.7 Å². The zero-order chi connectivity index (χ0) is 27.1. The highest BCUT2D eigenvalue weighted by atomic mass is 32.2. The van der Waals surface area contributed by atoms with Crippen molar-refractivity contribution in [3.63, 3.8) is 0 Å². The molecule has 214 valence electrons. The van der Waals surface area contributed by atoms with Crippen LogP contribution in [0.1, 0.15) is 137 Å². The molecule has 0 aliphatic heterocycles. The van der Waals surface area contributed by atoms with Crippen LogP contribution in [0.2, 0.25) is 0 Å². The fourth-order valence-corrected chi connectivity index (χ4v) is 6.05. The van der Waals surface area contributed by atoms with Gasteiger partial charge >= 0.3 is 11.5 Å². The molecule has 0 amide bonds. The van der Waals surface area contributed by atoms with E-state index < -0.39 is 36.9 Å². The van der Waals surface area contributed by atoms with E-state index in [0.29, 0.717) is 18.6 Å². The van der Waals surface area contributed by atoms with E-state index >= 15 is 0 Å². The van der Waals surface area contributed by atoms with Crippen molar-refractivity contribution in [2.24, 2.45) is 0 Å². The van der Waals surface area contributed by atoms with E-state index in [1.54, 1.807) is 6.92 Å². The average molecular weight is 553 g/mol. The number of carboxylic acid groups (broad SMARTS) is 1. The Hall–Kier alpha value is -0.400. The molecule has 4 atom stereocenters. The van der Waals surface area contributed by atoms with Crippen LogP contribution in [0.4, 0.5) is 0 Å². The summed E-state index contributed by atoms with van der Waals surface area (Å²) >= 11 is 0. The lowest BCUT2D eigenvalue weighted by Crippen LogP contribution is -2.42. The molecular weight excluding hydrogens is 499 g/mol. The summed E-state index contributed by atoms with van der Waals surface area (Å²) in [7, 11) is -1.98. The van der Waals surface area contributed by atoms with Crippen molar-refractivity contribution in [1.29, 1.82) is 0 Å². The molecule has 0 fully saturated rings. The van der Waals surface area contributed by atoms with E-state index in [1.165, 1.54) is 57.8 Å². The molecule has 7 nitrogen and oxygen atoms in total. The van der Waals surface area contributed by atoms with E-state index in [2.05, 4.69) is 13.8 Å². The second-order valence-corrected chi connectivity index (χ2v) is 12.3. The van der Waals surface area contributed by atoms with Gasteiger partial charge < -0.3 is 9.84 Å². The van der Waals surface area contributed by atoms with Gasteiger partial charge in [0, 0.05) is 16.6 Å². The van der Waals surface area contributed by atoms with Crippen LogP contribution in [0.15, 0.2) is 0 Å². The Balaban J connectivity index is 4.73. The van der Waals surface area contributed by atoms with Gasteiger partial charge in [0.25, 0.3) is 0 Å². The standard InChI is InChI=1S/C27H53O7PS/c1-5-8-10-12-13-14-15-16-18-20-23-36(31)25(21-19-17-11-9-6-2)24(4)33-34-27(35-30,26(28)29)32-22-7-3/h24-25H,5-23H2,1-4H3,(H,28,29). The molecule has 0 rings (SSSR count). The third kappa shape index (κ3) is 16.4. The predicted octanol–water partition coefficient (Wildman–Crippen LogP) is 8.18. The van der Waals surface area contributed by atoms with Crippen LogP contribution in [-0.2, 0) is 34.7 Å². The van der Waals surface area contributed by atoms with E-state index in [1.807, 2.05) is 6.92 Å². The third-order valence-corrected chi connectivity index (χ3v) is 8.98. The van der Waals surface area contributed by atoms with Gasteiger partial charge in [0.1, 0.15) is 6.10 Å². The van der Waals surface area contributed by atoms with Gasteiger partial charge in [-0.15, -0.1) is 0 Å². The van der Waals surface area contributed by atoms with Crippen LogP contribution in [0.3, 0.4) is 0 Å². The number of unbranched alkanes of at least 4 members (excludes halogenated alkanes) is 13. The highest BCUT2D eigenvalue weighted by Crippen LogP contribution is 2.29. The summed E-state index contributed by atoms with van der Waals surface area (Å²) in [5, 5.41) is 9.21. The lowest BCUT2D eigenvalue weighted by Gasteiger charge is -2.27. The third-order valence-electron chi connectivity index (χ3n) is 6.36. The molecule has 0 saturated carbocycles. The van der Waals surface area contributed by atoms with Crippen molar-refractivity contribution in [1.82, 2.24) is 0 Å². The van der Waals surface area contributed by atoms with Crippen LogP contribution < -0.4 is 0 Å². The SMILES string of the molecule is CCCCCCCCCCCCS(=O)C(CCCCCCC)C(C)OOC(OCCC)(P=O)C(=O)O. The molecule has 1 N–H and O–H groups in total. The normalized spacial score (nSPS) is 16.0. The van der Waals surface area contributed by atoms with Crippen molar-refractivity contribution < 1.29 is 33.2 Å². The first-order chi connectivity index (χ1) is 17.4. The maximum Gasteiger partial charge on any atom is 0.380 e. The zero-order valence-electron chi connectivity index (χ0n) is 23.3. The Morgan fingerprint density at radius 1 is 0.833 bits per heavy atom. The van der Waals surface area contributed by atoms with E-state index in [-0.39, 0.29) is 11.9 Å². The van der Waals surface area contributed by atoms with Gasteiger partial charge in [0.2, 0.25) is 8.46 Å². The monoisotopic (exact) mass is 552 g/mol. The largest absolute Gasteiger partial charge is 0.477 e. The fraction of sp³-hybridized carbons (Fsp3) is 0.963. The first kappa shape index (κ1) is 35.6. The summed E-state index contributed by atoms with van der Waals surface area (Å²) in [5.74, 6) is -0.928. The van der Waals surface area contributed by atoms with Crippen molar-refractivity contribution in [2.45, 2.75) is 154 Å². The van der Waals surface area contributed by atoms with Crippen molar-refractivity contribution in [3.05, 3.63) is 0 Å². The summed E-state index contributed by atoms with van der Waals surface area (Å²) < 4.78 is 30.0. The lowest BCUT2D eigenvalue weighted by atomic mass is 10.1. The van der Waals surface area contributed by atoms with Gasteiger partial charge in [0.05, 0.1) is 11.9 Å². The van der Waals surface area contributed by atoms with Gasteiger partial charge in [-0.05, 0) is 26.2 Å². The highest BCUT2D eigenvalue weighted by molar-refractivity contribution is 7.85. The number of hydrogen-bond acceptors (Lipinski definition) is 6. The number of ether oxygens (including phenoxy) is 1. The molecular formula is C27H53O7PS. The predicted molar refractivity (Wildman–Crippen MR) is 148 cm³/mol. The first-order valence-corrected chi connectivity index (χ1v) is 16.5. The van der Waals surface area contributed by atoms with E-state index in [0.717, 1.165) is 38.5 Å². The van der Waals surface area contributed by atoms with Gasteiger partial charge in [-0.3, -0.25) is 8.77 Å². The van der Waals surface area contributed by atoms with Crippen LogP contribution in [-0.4, -0.2) is 44.5 Å². The molecule has 0 radical (unpaired) electrons. The number of aliphatic carboxylic acids is 1. The quantitative estimate of drug-likeness (QED) is 0.0360. The number of rotatable bonds is 27. The molecule has 36 heavy (non-hydrogen) atoms. The van der Waals surface area contributed by atoms with Gasteiger partial charge in [0.15, 0.2) is 0 Å². The molecule has 0 aromatic rings. The summed E-state index contributed by atoms with van der Waals surface area (Å²) in [6, 6.07) is 0. The van der Waals surface area contributed by atoms with Crippen LogP contribution >= 0.6 is 8.46 Å². The van der Waals surface area contributed by atoms with Gasteiger partial charge in [-0.1, -0.05) is 111 Å². The zero-order valence-corrected chi connectivity index (χ0v) is 25.1.